The second-order valence-corrected chi connectivity index (χ2v) is 11.4. The minimum atomic E-state index is -1.79. The summed E-state index contributed by atoms with van der Waals surface area (Å²) in [5.74, 6) is 0. The molecule has 0 saturated carbocycles. The molecule has 0 amide bonds. The SMILES string of the molecule is CCCn1cccc(CO[Si](C)(C)C(C)(C)C)c1=O. The van der Waals surface area contributed by atoms with Crippen LogP contribution in [-0.4, -0.2) is 12.9 Å². The Labute approximate surface area is 117 Å². The van der Waals surface area contributed by atoms with Crippen LogP contribution in [0.25, 0.3) is 0 Å². The van der Waals surface area contributed by atoms with E-state index in [1.54, 1.807) is 4.57 Å². The predicted octanol–water partition coefficient (Wildman–Crippen LogP) is 3.78. The molecule has 1 aromatic heterocycles. The lowest BCUT2D eigenvalue weighted by molar-refractivity contribution is 0.274. The van der Waals surface area contributed by atoms with E-state index < -0.39 is 8.32 Å². The first kappa shape index (κ1) is 16.2. The van der Waals surface area contributed by atoms with Gasteiger partial charge in [0, 0.05) is 18.3 Å². The molecule has 0 atom stereocenters. The molecule has 19 heavy (non-hydrogen) atoms. The highest BCUT2D eigenvalue weighted by Gasteiger charge is 2.37. The van der Waals surface area contributed by atoms with Gasteiger partial charge in [-0.2, -0.15) is 0 Å². The smallest absolute Gasteiger partial charge is 0.256 e. The first-order valence-electron chi connectivity index (χ1n) is 7.01. The van der Waals surface area contributed by atoms with Crippen LogP contribution < -0.4 is 5.56 Å². The van der Waals surface area contributed by atoms with Crippen LogP contribution in [0.5, 0.6) is 0 Å². The molecule has 0 aliphatic rings. The molecule has 0 saturated heterocycles. The third-order valence-electron chi connectivity index (χ3n) is 3.96. The molecule has 1 heterocycles. The van der Waals surface area contributed by atoms with Gasteiger partial charge in [0.25, 0.3) is 5.56 Å². The number of pyridine rings is 1. The van der Waals surface area contributed by atoms with Gasteiger partial charge in [0.2, 0.25) is 0 Å². The van der Waals surface area contributed by atoms with Crippen molar-refractivity contribution < 1.29 is 4.43 Å². The van der Waals surface area contributed by atoms with Crippen molar-refractivity contribution in [1.29, 1.82) is 0 Å². The molecule has 0 aliphatic heterocycles. The molecule has 0 N–H and O–H groups in total. The van der Waals surface area contributed by atoms with Crippen molar-refractivity contribution in [3.8, 4) is 0 Å². The maximum atomic E-state index is 12.2. The first-order valence-corrected chi connectivity index (χ1v) is 9.92. The van der Waals surface area contributed by atoms with Gasteiger partial charge in [-0.25, -0.2) is 0 Å². The Morgan fingerprint density at radius 2 is 1.95 bits per heavy atom. The number of aryl methyl sites for hydroxylation is 1. The summed E-state index contributed by atoms with van der Waals surface area (Å²) in [7, 11) is -1.79. The maximum absolute atomic E-state index is 12.2. The van der Waals surface area contributed by atoms with Crippen molar-refractivity contribution in [2.24, 2.45) is 0 Å². The van der Waals surface area contributed by atoms with Crippen LogP contribution in [0.4, 0.5) is 0 Å². The highest BCUT2D eigenvalue weighted by Crippen LogP contribution is 2.36. The highest BCUT2D eigenvalue weighted by atomic mass is 28.4. The molecule has 0 radical (unpaired) electrons. The summed E-state index contributed by atoms with van der Waals surface area (Å²) in [6, 6.07) is 3.81. The maximum Gasteiger partial charge on any atom is 0.256 e. The molecule has 0 spiro atoms. The molecule has 108 valence electrons. The fourth-order valence-electron chi connectivity index (χ4n) is 1.59. The summed E-state index contributed by atoms with van der Waals surface area (Å²) in [6.07, 6.45) is 2.81. The van der Waals surface area contributed by atoms with E-state index in [0.717, 1.165) is 18.5 Å². The van der Waals surface area contributed by atoms with E-state index >= 15 is 0 Å². The Kier molecular flexibility index (Phi) is 5.16. The quantitative estimate of drug-likeness (QED) is 0.769. The molecule has 0 aliphatic carbocycles. The number of rotatable bonds is 5. The van der Waals surface area contributed by atoms with Gasteiger partial charge in [0.1, 0.15) is 0 Å². The van der Waals surface area contributed by atoms with Gasteiger partial charge in [-0.05, 0) is 36.7 Å². The van der Waals surface area contributed by atoms with Crippen molar-refractivity contribution in [3.05, 3.63) is 34.2 Å². The van der Waals surface area contributed by atoms with Crippen LogP contribution in [0.1, 0.15) is 39.7 Å². The summed E-state index contributed by atoms with van der Waals surface area (Å²) >= 11 is 0. The minimum Gasteiger partial charge on any atom is -0.412 e. The molecule has 0 aromatic carbocycles. The van der Waals surface area contributed by atoms with Crippen LogP contribution >= 0.6 is 0 Å². The molecule has 0 unspecified atom stereocenters. The second kappa shape index (κ2) is 6.05. The minimum absolute atomic E-state index is 0.0862. The zero-order valence-electron chi connectivity index (χ0n) is 13.1. The zero-order chi connectivity index (χ0) is 14.7. The van der Waals surface area contributed by atoms with Crippen LogP contribution in [0.15, 0.2) is 23.1 Å². The molecule has 3 nitrogen and oxygen atoms in total. The van der Waals surface area contributed by atoms with Gasteiger partial charge in [-0.15, -0.1) is 0 Å². The lowest BCUT2D eigenvalue weighted by Gasteiger charge is -2.36. The van der Waals surface area contributed by atoms with E-state index in [1.807, 2.05) is 18.3 Å². The van der Waals surface area contributed by atoms with E-state index in [4.69, 9.17) is 4.43 Å². The van der Waals surface area contributed by atoms with Gasteiger partial charge >= 0.3 is 0 Å². The van der Waals surface area contributed by atoms with E-state index in [-0.39, 0.29) is 10.6 Å². The summed E-state index contributed by atoms with van der Waals surface area (Å²) in [6.45, 7) is 14.3. The largest absolute Gasteiger partial charge is 0.412 e. The summed E-state index contributed by atoms with van der Waals surface area (Å²) in [5, 5.41) is 0.171. The third-order valence-corrected chi connectivity index (χ3v) is 8.44. The first-order chi connectivity index (χ1) is 8.69. The Morgan fingerprint density at radius 1 is 1.32 bits per heavy atom. The van der Waals surface area contributed by atoms with Crippen molar-refractivity contribution >= 4 is 8.32 Å². The average Bonchev–Trinajstić information content (AvgIpc) is 2.29. The normalized spacial score (nSPS) is 12.7. The summed E-state index contributed by atoms with van der Waals surface area (Å²) in [5.41, 5.74) is 0.851. The molecule has 1 rings (SSSR count). The Morgan fingerprint density at radius 3 is 2.47 bits per heavy atom. The Bertz CT molecular complexity index is 472. The van der Waals surface area contributed by atoms with Gasteiger partial charge < -0.3 is 8.99 Å². The van der Waals surface area contributed by atoms with Gasteiger partial charge in [0.15, 0.2) is 8.32 Å². The van der Waals surface area contributed by atoms with E-state index in [2.05, 4.69) is 40.8 Å². The Balaban J connectivity index is 2.85. The van der Waals surface area contributed by atoms with E-state index in [9.17, 15) is 4.79 Å². The van der Waals surface area contributed by atoms with Crippen molar-refractivity contribution in [3.63, 3.8) is 0 Å². The fraction of sp³-hybridized carbons (Fsp3) is 0.667. The zero-order valence-corrected chi connectivity index (χ0v) is 14.1. The topological polar surface area (TPSA) is 31.2 Å². The molecular weight excluding hydrogens is 254 g/mol. The summed E-state index contributed by atoms with van der Waals surface area (Å²) in [4.78, 5) is 12.2. The fourth-order valence-corrected chi connectivity index (χ4v) is 2.54. The van der Waals surface area contributed by atoms with E-state index in [1.165, 1.54) is 0 Å². The van der Waals surface area contributed by atoms with Crippen LogP contribution in [0.2, 0.25) is 18.1 Å². The monoisotopic (exact) mass is 281 g/mol. The molecule has 4 heteroatoms. The highest BCUT2D eigenvalue weighted by molar-refractivity contribution is 6.74. The molecule has 1 aromatic rings. The standard InChI is InChI=1S/C15H27NO2Si/c1-7-10-16-11-8-9-13(14(16)17)12-18-19(5,6)15(2,3)4/h8-9,11H,7,10,12H2,1-6H3. The predicted molar refractivity (Wildman–Crippen MR) is 83.0 cm³/mol. The number of nitrogens with zero attached hydrogens (tertiary/aromatic N) is 1. The lowest BCUT2D eigenvalue weighted by atomic mass is 10.2. The molecular formula is C15H27NO2Si. The Hall–Kier alpha value is -0.873. The van der Waals surface area contributed by atoms with Crippen LogP contribution in [-0.2, 0) is 17.6 Å². The van der Waals surface area contributed by atoms with Crippen LogP contribution in [0.3, 0.4) is 0 Å². The third kappa shape index (κ3) is 4.04. The van der Waals surface area contributed by atoms with Crippen molar-refractivity contribution in [1.82, 2.24) is 4.57 Å². The number of hydrogen-bond donors (Lipinski definition) is 0. The van der Waals surface area contributed by atoms with E-state index in [0.29, 0.717) is 6.61 Å². The average molecular weight is 281 g/mol. The lowest BCUT2D eigenvalue weighted by Crippen LogP contribution is -2.41. The second-order valence-electron chi connectivity index (χ2n) is 6.58. The number of aromatic nitrogens is 1. The van der Waals surface area contributed by atoms with Crippen molar-refractivity contribution in [2.75, 3.05) is 0 Å². The van der Waals surface area contributed by atoms with Crippen molar-refractivity contribution in [2.45, 2.75) is 65.4 Å². The number of hydrogen-bond acceptors (Lipinski definition) is 2. The van der Waals surface area contributed by atoms with Crippen LogP contribution in [0, 0.1) is 0 Å². The molecule has 0 bridgehead atoms. The summed E-state index contributed by atoms with van der Waals surface area (Å²) < 4.78 is 7.89. The molecule has 0 fully saturated rings. The van der Waals surface area contributed by atoms with Gasteiger partial charge in [0.05, 0.1) is 6.61 Å². The van der Waals surface area contributed by atoms with Gasteiger partial charge in [-0.1, -0.05) is 27.7 Å². The van der Waals surface area contributed by atoms with Gasteiger partial charge in [-0.3, -0.25) is 4.79 Å².